The van der Waals surface area contributed by atoms with Crippen molar-refractivity contribution in [3.05, 3.63) is 34.6 Å². The van der Waals surface area contributed by atoms with E-state index in [2.05, 4.69) is 0 Å². The molecule has 3 heteroatoms. The molecule has 0 bridgehead atoms. The molecule has 1 nitrogen and oxygen atoms in total. The molecule has 70 valence electrons. The number of epoxide rings is 1. The molecule has 2 rings (SSSR count). The van der Waals surface area contributed by atoms with Crippen molar-refractivity contribution in [2.24, 2.45) is 0 Å². The van der Waals surface area contributed by atoms with Gasteiger partial charge in [-0.3, -0.25) is 0 Å². The van der Waals surface area contributed by atoms with Crippen molar-refractivity contribution in [3.8, 4) is 0 Å². The van der Waals surface area contributed by atoms with Crippen LogP contribution in [-0.2, 0) is 11.2 Å². The largest absolute Gasteiger partial charge is 0.373 e. The normalized spacial score (nSPS) is 20.3. The van der Waals surface area contributed by atoms with E-state index < -0.39 is 0 Å². The molecule has 1 aliphatic rings. The van der Waals surface area contributed by atoms with E-state index in [9.17, 15) is 4.39 Å². The monoisotopic (exact) mass is 200 g/mol. The van der Waals surface area contributed by atoms with Crippen LogP contribution in [-0.4, -0.2) is 12.7 Å². The Morgan fingerprint density at radius 3 is 2.92 bits per heavy atom. The van der Waals surface area contributed by atoms with Crippen LogP contribution in [0.3, 0.4) is 0 Å². The molecule has 0 amide bonds. The maximum Gasteiger partial charge on any atom is 0.142 e. The second-order valence-electron chi connectivity index (χ2n) is 3.24. The SMILES string of the molecule is Fc1cc(CCC2CO2)ccc1Cl. The summed E-state index contributed by atoms with van der Waals surface area (Å²) in [6, 6.07) is 4.94. The van der Waals surface area contributed by atoms with Crippen LogP contribution in [0.4, 0.5) is 4.39 Å². The smallest absolute Gasteiger partial charge is 0.142 e. The lowest BCUT2D eigenvalue weighted by molar-refractivity contribution is 0.396. The van der Waals surface area contributed by atoms with Gasteiger partial charge in [0.25, 0.3) is 0 Å². The van der Waals surface area contributed by atoms with Gasteiger partial charge in [0.1, 0.15) is 5.82 Å². The maximum absolute atomic E-state index is 13.0. The van der Waals surface area contributed by atoms with Crippen molar-refractivity contribution in [1.29, 1.82) is 0 Å². The first kappa shape index (κ1) is 8.97. The van der Waals surface area contributed by atoms with Crippen molar-refractivity contribution < 1.29 is 9.13 Å². The second-order valence-corrected chi connectivity index (χ2v) is 3.65. The van der Waals surface area contributed by atoms with E-state index in [1.165, 1.54) is 6.07 Å². The Kier molecular flexibility index (Phi) is 2.51. The quantitative estimate of drug-likeness (QED) is 0.684. The summed E-state index contributed by atoms with van der Waals surface area (Å²) in [7, 11) is 0. The second kappa shape index (κ2) is 3.64. The number of benzene rings is 1. The Hall–Kier alpha value is -0.600. The van der Waals surface area contributed by atoms with Crippen molar-refractivity contribution >= 4 is 11.6 Å². The van der Waals surface area contributed by atoms with E-state index in [-0.39, 0.29) is 10.8 Å². The summed E-state index contributed by atoms with van der Waals surface area (Å²) in [5, 5.41) is 0.187. The van der Waals surface area contributed by atoms with Crippen LogP contribution in [0.15, 0.2) is 18.2 Å². The molecular formula is C10H10ClFO. The van der Waals surface area contributed by atoms with Crippen molar-refractivity contribution in [1.82, 2.24) is 0 Å². The Morgan fingerprint density at radius 2 is 2.31 bits per heavy atom. The molecule has 1 aromatic rings. The number of aryl methyl sites for hydroxylation is 1. The molecule has 1 heterocycles. The van der Waals surface area contributed by atoms with Crippen molar-refractivity contribution in [2.45, 2.75) is 18.9 Å². The molecule has 0 spiro atoms. The minimum atomic E-state index is -0.337. The van der Waals surface area contributed by atoms with Crippen LogP contribution in [0.5, 0.6) is 0 Å². The van der Waals surface area contributed by atoms with Gasteiger partial charge in [0.05, 0.1) is 17.7 Å². The summed E-state index contributed by atoms with van der Waals surface area (Å²) in [6.07, 6.45) is 2.23. The van der Waals surface area contributed by atoms with Gasteiger partial charge < -0.3 is 4.74 Å². The number of hydrogen-bond donors (Lipinski definition) is 0. The molecule has 0 aliphatic carbocycles. The first-order valence-corrected chi connectivity index (χ1v) is 4.69. The van der Waals surface area contributed by atoms with Crippen LogP contribution in [0.2, 0.25) is 5.02 Å². The Balaban J connectivity index is 1.98. The number of halogens is 2. The standard InChI is InChI=1S/C10H10ClFO/c11-9-4-2-7(5-10(9)12)1-3-8-6-13-8/h2,4-5,8H,1,3,6H2. The Labute approximate surface area is 81.5 Å². The number of rotatable bonds is 3. The number of hydrogen-bond acceptors (Lipinski definition) is 1. The van der Waals surface area contributed by atoms with Gasteiger partial charge >= 0.3 is 0 Å². The lowest BCUT2D eigenvalue weighted by atomic mass is 10.1. The summed E-state index contributed by atoms with van der Waals surface area (Å²) in [5.41, 5.74) is 0.984. The fourth-order valence-corrected chi connectivity index (χ4v) is 1.38. The van der Waals surface area contributed by atoms with Gasteiger partial charge in [-0.25, -0.2) is 4.39 Å². The van der Waals surface area contributed by atoms with E-state index >= 15 is 0 Å². The summed E-state index contributed by atoms with van der Waals surface area (Å²) < 4.78 is 18.0. The summed E-state index contributed by atoms with van der Waals surface area (Å²) in [5.74, 6) is -0.337. The van der Waals surface area contributed by atoms with E-state index in [1.807, 2.05) is 6.07 Å². The first-order valence-electron chi connectivity index (χ1n) is 4.31. The zero-order valence-corrected chi connectivity index (χ0v) is 7.85. The molecule has 0 aromatic heterocycles. The van der Waals surface area contributed by atoms with Gasteiger partial charge in [0.15, 0.2) is 0 Å². The third-order valence-corrected chi connectivity index (χ3v) is 2.45. The molecule has 1 fully saturated rings. The summed E-state index contributed by atoms with van der Waals surface area (Å²) in [6.45, 7) is 0.857. The third-order valence-electron chi connectivity index (χ3n) is 2.14. The molecule has 1 saturated heterocycles. The Bertz CT molecular complexity index is 310. The topological polar surface area (TPSA) is 12.5 Å². The predicted octanol–water partition coefficient (Wildman–Crippen LogP) is 2.81. The van der Waals surface area contributed by atoms with Crippen LogP contribution in [0, 0.1) is 5.82 Å². The zero-order valence-electron chi connectivity index (χ0n) is 7.09. The molecule has 1 unspecified atom stereocenters. The minimum Gasteiger partial charge on any atom is -0.373 e. The maximum atomic E-state index is 13.0. The fourth-order valence-electron chi connectivity index (χ4n) is 1.26. The Morgan fingerprint density at radius 1 is 1.54 bits per heavy atom. The van der Waals surface area contributed by atoms with Crippen molar-refractivity contribution in [2.75, 3.05) is 6.61 Å². The highest BCUT2D eigenvalue weighted by atomic mass is 35.5. The van der Waals surface area contributed by atoms with Gasteiger partial charge in [-0.15, -0.1) is 0 Å². The molecule has 0 N–H and O–H groups in total. The van der Waals surface area contributed by atoms with Gasteiger partial charge in [0.2, 0.25) is 0 Å². The average Bonchev–Trinajstić information content (AvgIpc) is 2.91. The molecule has 1 atom stereocenters. The fraction of sp³-hybridized carbons (Fsp3) is 0.400. The van der Waals surface area contributed by atoms with Crippen molar-refractivity contribution in [3.63, 3.8) is 0 Å². The molecule has 0 saturated carbocycles. The highest BCUT2D eigenvalue weighted by molar-refractivity contribution is 6.30. The van der Waals surface area contributed by atoms with Gasteiger partial charge in [-0.1, -0.05) is 17.7 Å². The van der Waals surface area contributed by atoms with E-state index in [1.54, 1.807) is 6.07 Å². The lowest BCUT2D eigenvalue weighted by Gasteiger charge is -2.00. The number of ether oxygens (including phenoxy) is 1. The third kappa shape index (κ3) is 2.42. The zero-order chi connectivity index (χ0) is 9.26. The molecule has 13 heavy (non-hydrogen) atoms. The molecule has 1 aromatic carbocycles. The van der Waals surface area contributed by atoms with Crippen LogP contribution >= 0.6 is 11.6 Å². The molecule has 0 radical (unpaired) electrons. The molecular weight excluding hydrogens is 191 g/mol. The van der Waals surface area contributed by atoms with E-state index in [0.29, 0.717) is 6.10 Å². The highest BCUT2D eigenvalue weighted by Gasteiger charge is 2.21. The van der Waals surface area contributed by atoms with Crippen LogP contribution in [0.1, 0.15) is 12.0 Å². The van der Waals surface area contributed by atoms with Crippen LogP contribution in [0.25, 0.3) is 0 Å². The summed E-state index contributed by atoms with van der Waals surface area (Å²) >= 11 is 5.56. The minimum absolute atomic E-state index is 0.187. The van der Waals surface area contributed by atoms with Gasteiger partial charge in [-0.05, 0) is 30.5 Å². The first-order chi connectivity index (χ1) is 6.25. The lowest BCUT2D eigenvalue weighted by Crippen LogP contribution is -1.92. The highest BCUT2D eigenvalue weighted by Crippen LogP contribution is 2.20. The van der Waals surface area contributed by atoms with E-state index in [4.69, 9.17) is 16.3 Å². The molecule has 1 aliphatic heterocycles. The average molecular weight is 201 g/mol. The summed E-state index contributed by atoms with van der Waals surface area (Å²) in [4.78, 5) is 0. The van der Waals surface area contributed by atoms with Crippen LogP contribution < -0.4 is 0 Å². The van der Waals surface area contributed by atoms with Gasteiger partial charge in [-0.2, -0.15) is 0 Å². The predicted molar refractivity (Wildman–Crippen MR) is 49.5 cm³/mol. The van der Waals surface area contributed by atoms with Gasteiger partial charge in [0, 0.05) is 0 Å². The van der Waals surface area contributed by atoms with E-state index in [0.717, 1.165) is 25.0 Å².